The van der Waals surface area contributed by atoms with E-state index >= 15 is 0 Å². The number of carbonyl (C=O) groups is 1. The number of hydrogen-bond acceptors (Lipinski definition) is 2. The van der Waals surface area contributed by atoms with Crippen molar-refractivity contribution in [2.45, 2.75) is 0 Å². The Kier molecular flexibility index (Phi) is 3.69. The Hall–Kier alpha value is -0.840. The van der Waals surface area contributed by atoms with Crippen molar-refractivity contribution in [3.8, 4) is 0 Å². The summed E-state index contributed by atoms with van der Waals surface area (Å²) in [6.07, 6.45) is 0. The number of amides is 1. The van der Waals surface area contributed by atoms with Gasteiger partial charge < -0.3 is 5.73 Å². The minimum absolute atomic E-state index is 0.106. The largest absolute Gasteiger partial charge is 0.376 e. The molecule has 0 saturated carbocycles. The zero-order chi connectivity index (χ0) is 10.7. The summed E-state index contributed by atoms with van der Waals surface area (Å²) < 4.78 is 0. The first-order valence-corrected chi connectivity index (χ1v) is 4.73. The van der Waals surface area contributed by atoms with Crippen LogP contribution in [-0.4, -0.2) is 11.0 Å². The van der Waals surface area contributed by atoms with E-state index in [2.05, 4.69) is 17.5 Å². The number of nitrogens with one attached hydrogen (secondary N) is 1. The maximum absolute atomic E-state index is 11.4. The molecule has 0 atom stereocenters. The Morgan fingerprint density at radius 3 is 2.64 bits per heavy atom. The van der Waals surface area contributed by atoms with Crippen LogP contribution in [0, 0.1) is 0 Å². The lowest BCUT2D eigenvalue weighted by Gasteiger charge is -2.04. The Morgan fingerprint density at radius 2 is 2.07 bits per heavy atom. The van der Waals surface area contributed by atoms with Crippen LogP contribution in [0.15, 0.2) is 18.2 Å². The van der Waals surface area contributed by atoms with Crippen molar-refractivity contribution in [2.75, 3.05) is 0 Å². The molecule has 1 rings (SSSR count). The van der Waals surface area contributed by atoms with Crippen molar-refractivity contribution in [3.05, 3.63) is 33.8 Å². The van der Waals surface area contributed by atoms with Crippen LogP contribution in [0.25, 0.3) is 0 Å². The monoisotopic (exact) mass is 248 g/mol. The quantitative estimate of drug-likeness (QED) is 0.748. The third-order valence-electron chi connectivity index (χ3n) is 1.41. The Bertz CT molecular complexity index is 395. The smallest absolute Gasteiger partial charge is 0.258 e. The zero-order valence-electron chi connectivity index (χ0n) is 6.88. The molecule has 0 aliphatic heterocycles. The predicted molar refractivity (Wildman–Crippen MR) is 60.7 cm³/mol. The molecule has 1 aromatic rings. The minimum Gasteiger partial charge on any atom is -0.376 e. The van der Waals surface area contributed by atoms with E-state index in [1.54, 1.807) is 6.07 Å². The zero-order valence-corrected chi connectivity index (χ0v) is 9.21. The fourth-order valence-corrected chi connectivity index (χ4v) is 1.32. The molecule has 0 radical (unpaired) electrons. The molecular formula is C8H6Cl2N2OS. The first kappa shape index (κ1) is 11.2. The molecule has 0 saturated heterocycles. The van der Waals surface area contributed by atoms with Crippen molar-refractivity contribution in [3.63, 3.8) is 0 Å². The number of hydrogen-bond donors (Lipinski definition) is 2. The van der Waals surface area contributed by atoms with Crippen LogP contribution in [-0.2, 0) is 0 Å². The highest BCUT2D eigenvalue weighted by atomic mass is 35.5. The van der Waals surface area contributed by atoms with Crippen LogP contribution in [0.4, 0.5) is 0 Å². The number of carbonyl (C=O) groups excluding carboxylic acids is 1. The van der Waals surface area contributed by atoms with E-state index in [0.717, 1.165) is 0 Å². The van der Waals surface area contributed by atoms with Gasteiger partial charge in [-0.15, -0.1) is 0 Å². The van der Waals surface area contributed by atoms with Gasteiger partial charge in [-0.1, -0.05) is 23.2 Å². The van der Waals surface area contributed by atoms with Crippen molar-refractivity contribution in [1.82, 2.24) is 5.32 Å². The summed E-state index contributed by atoms with van der Waals surface area (Å²) >= 11 is 16.0. The molecule has 1 aromatic carbocycles. The predicted octanol–water partition coefficient (Wildman–Crippen LogP) is 1.97. The Balaban J connectivity index is 3.00. The Morgan fingerprint density at radius 1 is 1.43 bits per heavy atom. The molecule has 0 unspecified atom stereocenters. The van der Waals surface area contributed by atoms with E-state index in [-0.39, 0.29) is 10.7 Å². The summed E-state index contributed by atoms with van der Waals surface area (Å²) in [6, 6.07) is 4.55. The van der Waals surface area contributed by atoms with Gasteiger partial charge in [-0.25, -0.2) is 0 Å². The topological polar surface area (TPSA) is 55.1 Å². The van der Waals surface area contributed by atoms with Gasteiger partial charge in [0.15, 0.2) is 5.11 Å². The summed E-state index contributed by atoms with van der Waals surface area (Å²) in [6.45, 7) is 0. The van der Waals surface area contributed by atoms with Gasteiger partial charge in [-0.05, 0) is 30.4 Å². The highest BCUT2D eigenvalue weighted by Crippen LogP contribution is 2.20. The average molecular weight is 249 g/mol. The number of rotatable bonds is 1. The van der Waals surface area contributed by atoms with E-state index in [1.807, 2.05) is 0 Å². The fraction of sp³-hybridized carbons (Fsp3) is 0. The molecule has 3 N–H and O–H groups in total. The summed E-state index contributed by atoms with van der Waals surface area (Å²) in [5.41, 5.74) is 5.38. The van der Waals surface area contributed by atoms with Gasteiger partial charge in [0.1, 0.15) is 0 Å². The standard InChI is InChI=1S/C8H6Cl2N2OS/c9-4-1-2-6(10)5(3-4)7(13)12-8(11)14/h1-3H,(H3,11,12,13,14). The molecular weight excluding hydrogens is 243 g/mol. The van der Waals surface area contributed by atoms with E-state index in [0.29, 0.717) is 10.0 Å². The molecule has 3 nitrogen and oxygen atoms in total. The molecule has 1 amide bonds. The van der Waals surface area contributed by atoms with Gasteiger partial charge in [0.25, 0.3) is 5.91 Å². The average Bonchev–Trinajstić information content (AvgIpc) is 2.08. The maximum atomic E-state index is 11.4. The molecule has 0 fully saturated rings. The van der Waals surface area contributed by atoms with Crippen LogP contribution in [0.1, 0.15) is 10.4 Å². The van der Waals surface area contributed by atoms with Crippen LogP contribution in [0.5, 0.6) is 0 Å². The highest BCUT2D eigenvalue weighted by molar-refractivity contribution is 7.80. The maximum Gasteiger partial charge on any atom is 0.258 e. The second-order valence-corrected chi connectivity index (χ2v) is 3.73. The molecule has 0 aromatic heterocycles. The fourth-order valence-electron chi connectivity index (χ4n) is 0.851. The lowest BCUT2D eigenvalue weighted by molar-refractivity contribution is 0.0977. The summed E-state index contributed by atoms with van der Waals surface area (Å²) in [5, 5.41) is 2.86. The lowest BCUT2D eigenvalue weighted by atomic mass is 10.2. The van der Waals surface area contributed by atoms with Crippen molar-refractivity contribution < 1.29 is 4.79 Å². The minimum atomic E-state index is -0.468. The van der Waals surface area contributed by atoms with Gasteiger partial charge in [0.2, 0.25) is 0 Å². The summed E-state index contributed by atoms with van der Waals surface area (Å²) in [4.78, 5) is 11.4. The normalized spacial score (nSPS) is 9.57. The van der Waals surface area contributed by atoms with Gasteiger partial charge >= 0.3 is 0 Å². The first-order chi connectivity index (χ1) is 6.50. The molecule has 0 spiro atoms. The van der Waals surface area contributed by atoms with E-state index in [1.165, 1.54) is 12.1 Å². The van der Waals surface area contributed by atoms with Crippen LogP contribution >= 0.6 is 35.4 Å². The van der Waals surface area contributed by atoms with Gasteiger partial charge in [0, 0.05) is 5.02 Å². The van der Waals surface area contributed by atoms with Gasteiger partial charge in [0.05, 0.1) is 10.6 Å². The molecule has 0 aliphatic carbocycles. The first-order valence-electron chi connectivity index (χ1n) is 3.56. The number of halogens is 2. The second-order valence-electron chi connectivity index (χ2n) is 2.44. The van der Waals surface area contributed by atoms with Crippen molar-refractivity contribution in [1.29, 1.82) is 0 Å². The van der Waals surface area contributed by atoms with E-state index < -0.39 is 5.91 Å². The Labute approximate surface area is 96.2 Å². The number of benzene rings is 1. The van der Waals surface area contributed by atoms with E-state index in [4.69, 9.17) is 28.9 Å². The van der Waals surface area contributed by atoms with Crippen LogP contribution in [0.3, 0.4) is 0 Å². The van der Waals surface area contributed by atoms with E-state index in [9.17, 15) is 4.79 Å². The lowest BCUT2D eigenvalue weighted by Crippen LogP contribution is -2.34. The molecule has 6 heteroatoms. The van der Waals surface area contributed by atoms with Crippen molar-refractivity contribution >= 4 is 46.4 Å². The third-order valence-corrected chi connectivity index (χ3v) is 2.08. The van der Waals surface area contributed by atoms with Gasteiger partial charge in [-0.3, -0.25) is 10.1 Å². The van der Waals surface area contributed by atoms with Crippen molar-refractivity contribution in [2.24, 2.45) is 5.73 Å². The second kappa shape index (κ2) is 4.59. The number of thiocarbonyl (C=S) groups is 1. The SMILES string of the molecule is NC(=S)NC(=O)c1cc(Cl)ccc1Cl. The van der Waals surface area contributed by atoms with Gasteiger partial charge in [-0.2, -0.15) is 0 Å². The molecule has 0 aliphatic rings. The van der Waals surface area contributed by atoms with Crippen LogP contribution in [0.2, 0.25) is 10.0 Å². The molecule has 0 bridgehead atoms. The summed E-state index contributed by atoms with van der Waals surface area (Å²) in [7, 11) is 0. The molecule has 14 heavy (non-hydrogen) atoms. The number of nitrogens with two attached hydrogens (primary N) is 1. The highest BCUT2D eigenvalue weighted by Gasteiger charge is 2.10. The third kappa shape index (κ3) is 2.83. The van der Waals surface area contributed by atoms with Crippen LogP contribution < -0.4 is 11.1 Å². The summed E-state index contributed by atoms with van der Waals surface area (Å²) in [5.74, 6) is -0.468. The molecule has 0 heterocycles. The molecule has 74 valence electrons.